The maximum Gasteiger partial charge on any atom is 0.321 e. The Kier molecular flexibility index (Phi) is 4.79. The molecule has 0 aliphatic carbocycles. The molecule has 0 bridgehead atoms. The molecule has 0 unspecified atom stereocenters. The predicted octanol–water partition coefficient (Wildman–Crippen LogP) is 3.88. The minimum absolute atomic E-state index is 0.0881. The lowest BCUT2D eigenvalue weighted by Gasteiger charge is -2.16. The standard InChI is InChI=1S/C19H21N3O2/c1-14-7-2-3-10-17(14)18(23)20-15-8-6-9-16(13-15)21-19(24)22-11-4-5-12-22/h2-3,6-10,13H,4-5,11-12H2,1H3,(H,20,23)(H,21,24). The highest BCUT2D eigenvalue weighted by molar-refractivity contribution is 6.05. The molecule has 0 radical (unpaired) electrons. The quantitative estimate of drug-likeness (QED) is 0.900. The maximum absolute atomic E-state index is 12.4. The second kappa shape index (κ2) is 7.17. The molecule has 2 N–H and O–H groups in total. The zero-order valence-electron chi connectivity index (χ0n) is 13.7. The summed E-state index contributed by atoms with van der Waals surface area (Å²) in [4.78, 5) is 26.3. The fraction of sp³-hybridized carbons (Fsp3) is 0.263. The van der Waals surface area contributed by atoms with Crippen molar-refractivity contribution in [2.75, 3.05) is 23.7 Å². The minimum atomic E-state index is -0.156. The lowest BCUT2D eigenvalue weighted by atomic mass is 10.1. The minimum Gasteiger partial charge on any atom is -0.325 e. The Morgan fingerprint density at radius 1 is 0.917 bits per heavy atom. The summed E-state index contributed by atoms with van der Waals surface area (Å²) in [5, 5.41) is 5.76. The Hall–Kier alpha value is -2.82. The van der Waals surface area contributed by atoms with Crippen molar-refractivity contribution in [2.45, 2.75) is 19.8 Å². The molecule has 1 heterocycles. The van der Waals surface area contributed by atoms with E-state index in [0.717, 1.165) is 31.5 Å². The molecule has 1 aliphatic rings. The van der Waals surface area contributed by atoms with E-state index < -0.39 is 0 Å². The van der Waals surface area contributed by atoms with Crippen LogP contribution in [0.4, 0.5) is 16.2 Å². The van der Waals surface area contributed by atoms with Crippen LogP contribution in [0.15, 0.2) is 48.5 Å². The van der Waals surface area contributed by atoms with E-state index in [1.807, 2.05) is 43.3 Å². The summed E-state index contributed by atoms with van der Waals surface area (Å²) < 4.78 is 0. The predicted molar refractivity (Wildman–Crippen MR) is 95.4 cm³/mol. The molecule has 2 aromatic carbocycles. The van der Waals surface area contributed by atoms with E-state index in [-0.39, 0.29) is 11.9 Å². The van der Waals surface area contributed by atoms with E-state index >= 15 is 0 Å². The van der Waals surface area contributed by atoms with Gasteiger partial charge in [0.2, 0.25) is 0 Å². The second-order valence-corrected chi connectivity index (χ2v) is 5.97. The molecule has 24 heavy (non-hydrogen) atoms. The van der Waals surface area contributed by atoms with E-state index in [4.69, 9.17) is 0 Å². The van der Waals surface area contributed by atoms with Gasteiger partial charge in [0.1, 0.15) is 0 Å². The molecule has 5 nitrogen and oxygen atoms in total. The Bertz CT molecular complexity index is 752. The first kappa shape index (κ1) is 16.1. The topological polar surface area (TPSA) is 61.4 Å². The monoisotopic (exact) mass is 323 g/mol. The number of benzene rings is 2. The lowest BCUT2D eigenvalue weighted by molar-refractivity contribution is 0.102. The van der Waals surface area contributed by atoms with Gasteiger partial charge in [-0.2, -0.15) is 0 Å². The molecular weight excluding hydrogens is 302 g/mol. The highest BCUT2D eigenvalue weighted by atomic mass is 16.2. The van der Waals surface area contributed by atoms with Crippen LogP contribution in [0.3, 0.4) is 0 Å². The van der Waals surface area contributed by atoms with Crippen molar-refractivity contribution in [1.82, 2.24) is 4.90 Å². The number of nitrogens with one attached hydrogen (secondary N) is 2. The zero-order chi connectivity index (χ0) is 16.9. The molecule has 3 rings (SSSR count). The first-order valence-electron chi connectivity index (χ1n) is 8.16. The number of carbonyl (C=O) groups is 2. The van der Waals surface area contributed by atoms with Gasteiger partial charge in [0, 0.05) is 30.0 Å². The van der Waals surface area contributed by atoms with Gasteiger partial charge < -0.3 is 15.5 Å². The van der Waals surface area contributed by atoms with Crippen LogP contribution in [0.25, 0.3) is 0 Å². The molecule has 124 valence electrons. The maximum atomic E-state index is 12.4. The fourth-order valence-corrected chi connectivity index (χ4v) is 2.82. The Labute approximate surface area is 141 Å². The number of carbonyl (C=O) groups excluding carboxylic acids is 2. The molecule has 2 aromatic rings. The lowest BCUT2D eigenvalue weighted by Crippen LogP contribution is -2.32. The van der Waals surface area contributed by atoms with Crippen LogP contribution < -0.4 is 10.6 Å². The number of aryl methyl sites for hydroxylation is 1. The number of rotatable bonds is 3. The van der Waals surface area contributed by atoms with Crippen molar-refractivity contribution in [3.05, 3.63) is 59.7 Å². The highest BCUT2D eigenvalue weighted by Gasteiger charge is 2.17. The number of urea groups is 1. The second-order valence-electron chi connectivity index (χ2n) is 5.97. The van der Waals surface area contributed by atoms with E-state index in [1.54, 1.807) is 17.0 Å². The highest BCUT2D eigenvalue weighted by Crippen LogP contribution is 2.18. The number of nitrogens with zero attached hydrogens (tertiary/aromatic N) is 1. The van der Waals surface area contributed by atoms with Crippen molar-refractivity contribution in [2.24, 2.45) is 0 Å². The average Bonchev–Trinajstić information content (AvgIpc) is 3.10. The number of hydrogen-bond donors (Lipinski definition) is 2. The van der Waals surface area contributed by atoms with Crippen molar-refractivity contribution >= 4 is 23.3 Å². The summed E-state index contributed by atoms with van der Waals surface area (Å²) in [6.45, 7) is 3.51. The summed E-state index contributed by atoms with van der Waals surface area (Å²) in [5.74, 6) is -0.156. The third-order valence-electron chi connectivity index (χ3n) is 4.15. The third-order valence-corrected chi connectivity index (χ3v) is 4.15. The smallest absolute Gasteiger partial charge is 0.321 e. The number of amides is 3. The van der Waals surface area contributed by atoms with Gasteiger partial charge in [0.05, 0.1) is 0 Å². The van der Waals surface area contributed by atoms with Gasteiger partial charge in [0.15, 0.2) is 0 Å². The van der Waals surface area contributed by atoms with Crippen LogP contribution in [0.5, 0.6) is 0 Å². The van der Waals surface area contributed by atoms with Crippen molar-refractivity contribution in [3.63, 3.8) is 0 Å². The van der Waals surface area contributed by atoms with Gasteiger partial charge in [-0.15, -0.1) is 0 Å². The largest absolute Gasteiger partial charge is 0.325 e. The summed E-state index contributed by atoms with van der Waals surface area (Å²) in [5.41, 5.74) is 2.90. The van der Waals surface area contributed by atoms with E-state index in [0.29, 0.717) is 16.9 Å². The number of hydrogen-bond acceptors (Lipinski definition) is 2. The summed E-state index contributed by atoms with van der Waals surface area (Å²) in [6.07, 6.45) is 2.11. The molecule has 1 aliphatic heterocycles. The molecule has 0 atom stereocenters. The van der Waals surface area contributed by atoms with Gasteiger partial charge in [-0.05, 0) is 49.6 Å². The van der Waals surface area contributed by atoms with E-state index in [9.17, 15) is 9.59 Å². The van der Waals surface area contributed by atoms with E-state index in [1.165, 1.54) is 0 Å². The van der Waals surface area contributed by atoms with E-state index in [2.05, 4.69) is 10.6 Å². The van der Waals surface area contributed by atoms with Gasteiger partial charge in [0.25, 0.3) is 5.91 Å². The molecule has 1 saturated heterocycles. The van der Waals surface area contributed by atoms with Crippen LogP contribution in [-0.2, 0) is 0 Å². The van der Waals surface area contributed by atoms with Crippen molar-refractivity contribution < 1.29 is 9.59 Å². The Balaban J connectivity index is 1.68. The van der Waals surface area contributed by atoms with Crippen molar-refractivity contribution in [1.29, 1.82) is 0 Å². The number of anilines is 2. The van der Waals surface area contributed by atoms with Crippen LogP contribution in [0, 0.1) is 6.92 Å². The van der Waals surface area contributed by atoms with Gasteiger partial charge in [-0.1, -0.05) is 24.3 Å². The molecule has 0 spiro atoms. The van der Waals surface area contributed by atoms with Crippen LogP contribution in [-0.4, -0.2) is 29.9 Å². The molecular formula is C19H21N3O2. The van der Waals surface area contributed by atoms with Crippen molar-refractivity contribution in [3.8, 4) is 0 Å². The molecule has 0 saturated carbocycles. The Morgan fingerprint density at radius 2 is 1.58 bits per heavy atom. The first-order chi connectivity index (χ1) is 11.6. The van der Waals surface area contributed by atoms with Crippen LogP contribution in [0.1, 0.15) is 28.8 Å². The normalized spacial score (nSPS) is 13.6. The number of likely N-dealkylation sites (tertiary alicyclic amines) is 1. The SMILES string of the molecule is Cc1ccccc1C(=O)Nc1cccc(NC(=O)N2CCCC2)c1. The summed E-state index contributed by atoms with van der Waals surface area (Å²) in [7, 11) is 0. The average molecular weight is 323 g/mol. The van der Waals surface area contributed by atoms with Gasteiger partial charge in [-0.3, -0.25) is 4.79 Å². The van der Waals surface area contributed by atoms with Crippen LogP contribution in [0.2, 0.25) is 0 Å². The van der Waals surface area contributed by atoms with Crippen LogP contribution >= 0.6 is 0 Å². The molecule has 5 heteroatoms. The first-order valence-corrected chi connectivity index (χ1v) is 8.16. The summed E-state index contributed by atoms with van der Waals surface area (Å²) in [6, 6.07) is 14.6. The van der Waals surface area contributed by atoms with Gasteiger partial charge >= 0.3 is 6.03 Å². The fourth-order valence-electron chi connectivity index (χ4n) is 2.82. The third kappa shape index (κ3) is 3.74. The Morgan fingerprint density at radius 3 is 2.29 bits per heavy atom. The summed E-state index contributed by atoms with van der Waals surface area (Å²) >= 11 is 0. The zero-order valence-corrected chi connectivity index (χ0v) is 13.7. The molecule has 1 fully saturated rings. The van der Waals surface area contributed by atoms with Gasteiger partial charge in [-0.25, -0.2) is 4.79 Å². The molecule has 0 aromatic heterocycles. The molecule has 3 amide bonds.